The van der Waals surface area contributed by atoms with Crippen LogP contribution < -0.4 is 5.32 Å². The Kier molecular flexibility index (Phi) is 6.50. The normalized spacial score (nSPS) is 34.7. The number of halogens is 1. The Morgan fingerprint density at radius 1 is 1.41 bits per heavy atom. The van der Waals surface area contributed by atoms with Crippen molar-refractivity contribution in [1.82, 2.24) is 5.32 Å². The molecule has 128 valence electrons. The third-order valence-electron chi connectivity index (χ3n) is 3.29. The third kappa shape index (κ3) is 4.04. The Morgan fingerprint density at radius 3 is 2.45 bits per heavy atom. The summed E-state index contributed by atoms with van der Waals surface area (Å²) < 4.78 is 4.87. The first-order valence-corrected chi connectivity index (χ1v) is 6.83. The summed E-state index contributed by atoms with van der Waals surface area (Å²) in [7, 11) is 0. The molecule has 1 aliphatic rings. The van der Waals surface area contributed by atoms with Crippen LogP contribution in [0.5, 0.6) is 0 Å². The molecule has 1 fully saturated rings. The van der Waals surface area contributed by atoms with Crippen LogP contribution in [0.3, 0.4) is 0 Å². The summed E-state index contributed by atoms with van der Waals surface area (Å²) in [4.78, 5) is 22.4. The Balaban J connectivity index is 3.07. The topological polar surface area (TPSA) is 177 Å². The van der Waals surface area contributed by atoms with Crippen LogP contribution in [0, 0.1) is 0 Å². The van der Waals surface area contributed by atoms with Gasteiger partial charge in [0, 0.05) is 6.42 Å². The molecule has 1 saturated heterocycles. The number of carbonyl (C=O) groups excluding carboxylic acids is 1. The zero-order valence-electron chi connectivity index (χ0n) is 11.3. The van der Waals surface area contributed by atoms with Gasteiger partial charge in [-0.2, -0.15) is 0 Å². The average Bonchev–Trinajstić information content (AvgIpc) is 2.47. The molecule has 0 aromatic heterocycles. The van der Waals surface area contributed by atoms with Gasteiger partial charge in [0.15, 0.2) is 0 Å². The molecule has 1 rings (SSSR count). The van der Waals surface area contributed by atoms with Crippen molar-refractivity contribution in [3.8, 4) is 0 Å². The van der Waals surface area contributed by atoms with Gasteiger partial charge in [-0.15, -0.1) is 11.6 Å². The standard InChI is InChI=1S/C11H18ClNO9/c12-2-6(17)13-7-4(15)1-11(21,10(19)20)22-9(7)8(18)5(16)3-14/h4-5,7-9,14-16,18,21H,1-3H2,(H,13,17)(H,19,20)/t4-,5-,7?,8-,9?,11?/m1/s1. The molecule has 0 spiro atoms. The number of rotatable bonds is 6. The Bertz CT molecular complexity index is 422. The summed E-state index contributed by atoms with van der Waals surface area (Å²) in [6.07, 6.45) is -7.71. The van der Waals surface area contributed by atoms with Gasteiger partial charge < -0.3 is 40.7 Å². The number of alkyl halides is 1. The number of aliphatic hydroxyl groups is 5. The van der Waals surface area contributed by atoms with Crippen LogP contribution in [0.15, 0.2) is 0 Å². The highest BCUT2D eigenvalue weighted by Crippen LogP contribution is 2.30. The number of hydrogen-bond donors (Lipinski definition) is 7. The number of amides is 1. The lowest BCUT2D eigenvalue weighted by molar-refractivity contribution is -0.295. The van der Waals surface area contributed by atoms with E-state index in [1.807, 2.05) is 0 Å². The van der Waals surface area contributed by atoms with E-state index >= 15 is 0 Å². The predicted molar refractivity (Wildman–Crippen MR) is 69.8 cm³/mol. The van der Waals surface area contributed by atoms with Gasteiger partial charge >= 0.3 is 5.97 Å². The maximum Gasteiger partial charge on any atom is 0.364 e. The van der Waals surface area contributed by atoms with Gasteiger partial charge in [-0.05, 0) is 0 Å². The smallest absolute Gasteiger partial charge is 0.364 e. The SMILES string of the molecule is O=C(CCl)NC1C([C@H](O)[C@H](O)CO)OC(O)(C(=O)O)C[C@H]1O. The van der Waals surface area contributed by atoms with Gasteiger partial charge in [0.25, 0.3) is 5.79 Å². The summed E-state index contributed by atoms with van der Waals surface area (Å²) in [5, 5.41) is 59.1. The molecule has 0 aliphatic carbocycles. The lowest BCUT2D eigenvalue weighted by Gasteiger charge is -2.44. The highest BCUT2D eigenvalue weighted by molar-refractivity contribution is 6.27. The summed E-state index contributed by atoms with van der Waals surface area (Å²) in [5.41, 5.74) is 0. The number of carboxylic acid groups (broad SMARTS) is 1. The van der Waals surface area contributed by atoms with Crippen molar-refractivity contribution < 1.29 is 45.0 Å². The van der Waals surface area contributed by atoms with Gasteiger partial charge in [0.05, 0.1) is 18.8 Å². The lowest BCUT2D eigenvalue weighted by atomic mass is 9.88. The van der Waals surface area contributed by atoms with E-state index in [2.05, 4.69) is 5.32 Å². The maximum atomic E-state index is 11.3. The Hall–Kier alpha value is -1.01. The van der Waals surface area contributed by atoms with Crippen LogP contribution >= 0.6 is 11.6 Å². The molecule has 1 aliphatic heterocycles. The van der Waals surface area contributed by atoms with Crippen LogP contribution in [0.1, 0.15) is 6.42 Å². The van der Waals surface area contributed by atoms with E-state index in [1.54, 1.807) is 0 Å². The van der Waals surface area contributed by atoms with Gasteiger partial charge in [0.1, 0.15) is 24.2 Å². The second-order valence-corrected chi connectivity index (χ2v) is 5.18. The van der Waals surface area contributed by atoms with E-state index in [4.69, 9.17) is 26.6 Å². The second-order valence-electron chi connectivity index (χ2n) is 4.91. The molecule has 0 bridgehead atoms. The highest BCUT2D eigenvalue weighted by Gasteiger charge is 2.53. The molecule has 0 aromatic rings. The number of ether oxygens (including phenoxy) is 1. The second kappa shape index (κ2) is 7.51. The fraction of sp³-hybridized carbons (Fsp3) is 0.818. The average molecular weight is 344 g/mol. The molecule has 0 radical (unpaired) electrons. The zero-order chi connectivity index (χ0) is 17.1. The van der Waals surface area contributed by atoms with Crippen molar-refractivity contribution in [2.45, 2.75) is 42.7 Å². The van der Waals surface area contributed by atoms with Crippen LogP contribution in [-0.2, 0) is 14.3 Å². The first kappa shape index (κ1) is 19.0. The van der Waals surface area contributed by atoms with Crippen LogP contribution in [0.4, 0.5) is 0 Å². The fourth-order valence-corrected chi connectivity index (χ4v) is 2.20. The van der Waals surface area contributed by atoms with Gasteiger partial charge in [-0.1, -0.05) is 0 Å². The molecule has 22 heavy (non-hydrogen) atoms. The number of hydrogen-bond acceptors (Lipinski definition) is 8. The van der Waals surface area contributed by atoms with Gasteiger partial charge in [0.2, 0.25) is 5.91 Å². The monoisotopic (exact) mass is 343 g/mol. The minimum Gasteiger partial charge on any atom is -0.477 e. The van der Waals surface area contributed by atoms with E-state index in [1.165, 1.54) is 0 Å². The number of aliphatic carboxylic acids is 1. The molecule has 11 heteroatoms. The van der Waals surface area contributed by atoms with Crippen molar-refractivity contribution in [1.29, 1.82) is 0 Å². The minimum atomic E-state index is -2.82. The third-order valence-corrected chi connectivity index (χ3v) is 3.53. The summed E-state index contributed by atoms with van der Waals surface area (Å²) in [6, 6.07) is -1.35. The van der Waals surface area contributed by atoms with E-state index in [-0.39, 0.29) is 0 Å². The van der Waals surface area contributed by atoms with Crippen molar-refractivity contribution >= 4 is 23.5 Å². The quantitative estimate of drug-likeness (QED) is 0.239. The van der Waals surface area contributed by atoms with Crippen LogP contribution in [0.25, 0.3) is 0 Å². The van der Waals surface area contributed by atoms with Crippen LogP contribution in [0.2, 0.25) is 0 Å². The van der Waals surface area contributed by atoms with E-state index in [0.717, 1.165) is 0 Å². The lowest BCUT2D eigenvalue weighted by Crippen LogP contribution is -2.67. The zero-order valence-corrected chi connectivity index (χ0v) is 12.0. The first-order valence-electron chi connectivity index (χ1n) is 6.30. The molecular formula is C11H18ClNO9. The highest BCUT2D eigenvalue weighted by atomic mass is 35.5. The van der Waals surface area contributed by atoms with Crippen molar-refractivity contribution in [3.05, 3.63) is 0 Å². The maximum absolute atomic E-state index is 11.3. The molecule has 0 saturated carbocycles. The molecule has 6 atom stereocenters. The summed E-state index contributed by atoms with van der Waals surface area (Å²) in [5.74, 6) is -5.85. The van der Waals surface area contributed by atoms with Crippen molar-refractivity contribution in [2.75, 3.05) is 12.5 Å². The molecule has 0 aromatic carbocycles. The molecule has 3 unspecified atom stereocenters. The van der Waals surface area contributed by atoms with Crippen LogP contribution in [-0.4, -0.2) is 91.2 Å². The number of aliphatic hydroxyl groups excluding tert-OH is 4. The fourth-order valence-electron chi connectivity index (χ4n) is 2.13. The van der Waals surface area contributed by atoms with Crippen molar-refractivity contribution in [3.63, 3.8) is 0 Å². The van der Waals surface area contributed by atoms with Crippen molar-refractivity contribution in [2.24, 2.45) is 0 Å². The molecule has 1 heterocycles. The summed E-state index contributed by atoms with van der Waals surface area (Å²) >= 11 is 5.31. The predicted octanol–water partition coefficient (Wildman–Crippen LogP) is -3.65. The molecule has 1 amide bonds. The number of carboxylic acids is 1. The molecular weight excluding hydrogens is 326 g/mol. The van der Waals surface area contributed by atoms with E-state index in [9.17, 15) is 30.0 Å². The molecule has 10 nitrogen and oxygen atoms in total. The van der Waals surface area contributed by atoms with E-state index < -0.39 is 67.0 Å². The minimum absolute atomic E-state index is 0.474. The molecule has 7 N–H and O–H groups in total. The largest absolute Gasteiger partial charge is 0.477 e. The Morgan fingerprint density at radius 2 is 2.00 bits per heavy atom. The number of nitrogens with one attached hydrogen (secondary N) is 1. The number of carbonyl (C=O) groups is 2. The van der Waals surface area contributed by atoms with E-state index in [0.29, 0.717) is 0 Å². The van der Waals surface area contributed by atoms with Gasteiger partial charge in [-0.25, -0.2) is 4.79 Å². The Labute approximate surface area is 129 Å². The summed E-state index contributed by atoms with van der Waals surface area (Å²) in [6.45, 7) is -0.890. The van der Waals surface area contributed by atoms with Gasteiger partial charge in [-0.3, -0.25) is 4.79 Å². The first-order chi connectivity index (χ1) is 10.2.